The van der Waals surface area contributed by atoms with Gasteiger partial charge in [0.2, 0.25) is 5.91 Å². The number of carbonyl (C=O) groups is 1. The van der Waals surface area contributed by atoms with E-state index in [1.54, 1.807) is 19.1 Å². The van der Waals surface area contributed by atoms with E-state index in [0.717, 1.165) is 29.7 Å². The van der Waals surface area contributed by atoms with Crippen molar-refractivity contribution in [2.24, 2.45) is 0 Å². The van der Waals surface area contributed by atoms with Crippen LogP contribution in [0.5, 0.6) is 0 Å². The number of piperidine rings is 1. The zero-order chi connectivity index (χ0) is 21.1. The molecule has 0 bridgehead atoms. The van der Waals surface area contributed by atoms with Crippen LogP contribution in [0, 0.1) is 13.8 Å². The minimum Gasteiger partial charge on any atom is -0.339 e. The first-order chi connectivity index (χ1) is 14.5. The van der Waals surface area contributed by atoms with Crippen LogP contribution < -0.4 is 0 Å². The average Bonchev–Trinajstić information content (AvgIpc) is 3.35. The number of amides is 1. The van der Waals surface area contributed by atoms with Crippen molar-refractivity contribution in [3.63, 3.8) is 0 Å². The smallest absolute Gasteiger partial charge is 0.246 e. The molecule has 30 heavy (non-hydrogen) atoms. The number of halogens is 1. The van der Waals surface area contributed by atoms with E-state index in [9.17, 15) is 4.79 Å². The quantitative estimate of drug-likeness (QED) is 0.581. The highest BCUT2D eigenvalue weighted by Gasteiger charge is 2.23. The minimum atomic E-state index is -0.00107. The van der Waals surface area contributed by atoms with Crippen molar-refractivity contribution < 1.29 is 4.79 Å². The van der Waals surface area contributed by atoms with Gasteiger partial charge in [0.1, 0.15) is 0 Å². The maximum atomic E-state index is 12.7. The molecule has 2 aromatic heterocycles. The molecule has 0 atom stereocenters. The van der Waals surface area contributed by atoms with Crippen molar-refractivity contribution in [1.29, 1.82) is 0 Å². The van der Waals surface area contributed by atoms with Gasteiger partial charge in [0.05, 0.1) is 18.3 Å². The van der Waals surface area contributed by atoms with Crippen LogP contribution in [-0.4, -0.2) is 59.1 Å². The fraction of sp³-hybridized carbons (Fsp3) is 0.400. The molecule has 10 heteroatoms. The van der Waals surface area contributed by atoms with E-state index < -0.39 is 0 Å². The Kier molecular flexibility index (Phi) is 5.89. The highest BCUT2D eigenvalue weighted by molar-refractivity contribution is 6.30. The fourth-order valence-corrected chi connectivity index (χ4v) is 3.77. The predicted octanol–water partition coefficient (Wildman–Crippen LogP) is 2.46. The van der Waals surface area contributed by atoms with Crippen LogP contribution in [-0.2, 0) is 11.3 Å². The number of carbonyl (C=O) groups excluding carboxylic acids is 1. The zero-order valence-corrected chi connectivity index (χ0v) is 17.7. The number of hydrogen-bond donors (Lipinski definition) is 0. The maximum absolute atomic E-state index is 12.7. The molecule has 0 N–H and O–H groups in total. The van der Waals surface area contributed by atoms with Gasteiger partial charge < -0.3 is 4.90 Å². The Morgan fingerprint density at radius 2 is 2.00 bits per heavy atom. The van der Waals surface area contributed by atoms with Crippen LogP contribution in [0.4, 0.5) is 0 Å². The lowest BCUT2D eigenvalue weighted by Gasteiger charge is -2.31. The summed E-state index contributed by atoms with van der Waals surface area (Å²) in [6.07, 6.45) is 7.13. The SMILES string of the molecule is Cc1cn(C2CCN(C(=O)/C=C/c3ccc(Cl)cc3Cn3nnc(C)n3)CC2)nn1. The Hall–Kier alpha value is -3.07. The van der Waals surface area contributed by atoms with Gasteiger partial charge in [0.15, 0.2) is 5.82 Å². The summed E-state index contributed by atoms with van der Waals surface area (Å²) >= 11 is 6.16. The van der Waals surface area contributed by atoms with Gasteiger partial charge in [-0.25, -0.2) is 4.68 Å². The molecule has 1 aliphatic heterocycles. The molecule has 0 aliphatic carbocycles. The molecule has 0 radical (unpaired) electrons. The Morgan fingerprint density at radius 1 is 1.20 bits per heavy atom. The summed E-state index contributed by atoms with van der Waals surface area (Å²) in [6.45, 7) is 5.54. The molecule has 0 unspecified atom stereocenters. The van der Waals surface area contributed by atoms with E-state index in [0.29, 0.717) is 36.5 Å². The molecule has 3 heterocycles. The molecule has 1 aliphatic rings. The number of rotatable bonds is 5. The van der Waals surface area contributed by atoms with Gasteiger partial charge in [-0.1, -0.05) is 22.9 Å². The van der Waals surface area contributed by atoms with Crippen molar-refractivity contribution in [1.82, 2.24) is 40.1 Å². The van der Waals surface area contributed by atoms with Gasteiger partial charge in [-0.05, 0) is 61.2 Å². The van der Waals surface area contributed by atoms with Crippen LogP contribution >= 0.6 is 11.6 Å². The van der Waals surface area contributed by atoms with Crippen LogP contribution in [0.2, 0.25) is 5.02 Å². The van der Waals surface area contributed by atoms with E-state index >= 15 is 0 Å². The summed E-state index contributed by atoms with van der Waals surface area (Å²) in [5, 5.41) is 20.9. The molecule has 1 fully saturated rings. The number of benzene rings is 1. The van der Waals surface area contributed by atoms with Crippen LogP contribution in [0.1, 0.15) is 41.5 Å². The van der Waals surface area contributed by atoms with Crippen molar-refractivity contribution in [3.8, 4) is 0 Å². The number of aromatic nitrogens is 7. The molecule has 3 aromatic rings. The lowest BCUT2D eigenvalue weighted by molar-refractivity contribution is -0.127. The molecule has 9 nitrogen and oxygen atoms in total. The first kappa shape index (κ1) is 20.2. The molecular weight excluding hydrogens is 404 g/mol. The van der Waals surface area contributed by atoms with Crippen molar-refractivity contribution in [2.45, 2.75) is 39.3 Å². The van der Waals surface area contributed by atoms with Crippen molar-refractivity contribution in [2.75, 3.05) is 13.1 Å². The third-order valence-corrected chi connectivity index (χ3v) is 5.39. The van der Waals surface area contributed by atoms with Gasteiger partial charge >= 0.3 is 0 Å². The maximum Gasteiger partial charge on any atom is 0.246 e. The molecule has 1 saturated heterocycles. The van der Waals surface area contributed by atoms with Gasteiger partial charge in [-0.3, -0.25) is 4.79 Å². The number of nitrogens with zero attached hydrogens (tertiary/aromatic N) is 8. The molecule has 0 saturated carbocycles. The summed E-state index contributed by atoms with van der Waals surface area (Å²) in [6, 6.07) is 5.85. The average molecular weight is 427 g/mol. The molecule has 4 rings (SSSR count). The Labute approximate surface area is 179 Å². The van der Waals surface area contributed by atoms with Crippen LogP contribution in [0.3, 0.4) is 0 Å². The monoisotopic (exact) mass is 426 g/mol. The number of aryl methyl sites for hydroxylation is 2. The zero-order valence-electron chi connectivity index (χ0n) is 16.9. The lowest BCUT2D eigenvalue weighted by Crippen LogP contribution is -2.38. The van der Waals surface area contributed by atoms with Crippen LogP contribution in [0.25, 0.3) is 6.08 Å². The molecule has 1 amide bonds. The summed E-state index contributed by atoms with van der Waals surface area (Å²) in [5.74, 6) is 0.604. The summed E-state index contributed by atoms with van der Waals surface area (Å²) < 4.78 is 1.91. The number of tetrazole rings is 1. The first-order valence-corrected chi connectivity index (χ1v) is 10.2. The lowest BCUT2D eigenvalue weighted by atomic mass is 10.0. The number of likely N-dealkylation sites (tertiary alicyclic amines) is 1. The molecule has 1 aromatic carbocycles. The fourth-order valence-electron chi connectivity index (χ4n) is 3.58. The van der Waals surface area contributed by atoms with Crippen molar-refractivity contribution in [3.05, 3.63) is 58.1 Å². The molecular formula is C20H23ClN8O. The van der Waals surface area contributed by atoms with E-state index in [1.165, 1.54) is 4.80 Å². The normalized spacial score (nSPS) is 15.2. The number of hydrogen-bond acceptors (Lipinski definition) is 6. The summed E-state index contributed by atoms with van der Waals surface area (Å²) in [7, 11) is 0. The summed E-state index contributed by atoms with van der Waals surface area (Å²) in [4.78, 5) is 16.1. The van der Waals surface area contributed by atoms with E-state index in [-0.39, 0.29) is 5.91 Å². The van der Waals surface area contributed by atoms with E-state index in [1.807, 2.05) is 40.9 Å². The van der Waals surface area contributed by atoms with E-state index in [2.05, 4.69) is 25.7 Å². The topological polar surface area (TPSA) is 94.6 Å². The Morgan fingerprint density at radius 3 is 2.67 bits per heavy atom. The third kappa shape index (κ3) is 4.73. The standard InChI is InChI=1S/C20H23ClN8O/c1-14-12-28(25-22-14)19-7-9-27(10-8-19)20(30)6-4-16-3-5-18(21)11-17(16)13-29-24-15(2)23-26-29/h3-6,11-12,19H,7-10,13H2,1-2H3/b6-4+. The van der Waals surface area contributed by atoms with Gasteiger partial charge in [0.25, 0.3) is 0 Å². The van der Waals surface area contributed by atoms with Gasteiger partial charge in [0, 0.05) is 30.4 Å². The predicted molar refractivity (Wildman–Crippen MR) is 112 cm³/mol. The van der Waals surface area contributed by atoms with Crippen LogP contribution in [0.15, 0.2) is 30.5 Å². The van der Waals surface area contributed by atoms with Gasteiger partial charge in [-0.15, -0.1) is 15.3 Å². The second-order valence-corrected chi connectivity index (χ2v) is 7.88. The highest BCUT2D eigenvalue weighted by atomic mass is 35.5. The van der Waals surface area contributed by atoms with E-state index in [4.69, 9.17) is 11.6 Å². The first-order valence-electron chi connectivity index (χ1n) is 9.86. The molecule has 156 valence electrons. The highest BCUT2D eigenvalue weighted by Crippen LogP contribution is 2.22. The summed E-state index contributed by atoms with van der Waals surface area (Å²) in [5.41, 5.74) is 2.73. The largest absolute Gasteiger partial charge is 0.339 e. The third-order valence-electron chi connectivity index (χ3n) is 5.15. The Balaban J connectivity index is 1.40. The Bertz CT molecular complexity index is 1060. The second kappa shape index (κ2) is 8.74. The van der Waals surface area contributed by atoms with Gasteiger partial charge in [-0.2, -0.15) is 4.80 Å². The second-order valence-electron chi connectivity index (χ2n) is 7.44. The van der Waals surface area contributed by atoms with Crippen molar-refractivity contribution >= 4 is 23.6 Å². The minimum absolute atomic E-state index is 0.00107. The molecule has 0 spiro atoms.